The normalized spacial score (nSPS) is 22.3. The van der Waals surface area contributed by atoms with Crippen LogP contribution >= 0.6 is 0 Å². The zero-order valence-corrected chi connectivity index (χ0v) is 18.2. The Kier molecular flexibility index (Phi) is 5.13. The summed E-state index contributed by atoms with van der Waals surface area (Å²) < 4.78 is 42.2. The molecule has 0 unspecified atom stereocenters. The number of sulfone groups is 1. The second-order valence-corrected chi connectivity index (χ2v) is 9.81. The van der Waals surface area contributed by atoms with Gasteiger partial charge in [-0.25, -0.2) is 13.1 Å². The van der Waals surface area contributed by atoms with Crippen molar-refractivity contribution in [2.45, 2.75) is 31.7 Å². The molecule has 2 aliphatic heterocycles. The van der Waals surface area contributed by atoms with Gasteiger partial charge in [-0.3, -0.25) is 4.79 Å². The summed E-state index contributed by atoms with van der Waals surface area (Å²) in [6.07, 6.45) is 0.699. The Morgan fingerprint density at radius 3 is 2.47 bits per heavy atom. The Hall–Kier alpha value is -2.75. The van der Waals surface area contributed by atoms with Crippen molar-refractivity contribution in [2.75, 3.05) is 38.2 Å². The molecule has 1 aromatic carbocycles. The van der Waals surface area contributed by atoms with E-state index in [4.69, 9.17) is 14.2 Å². The van der Waals surface area contributed by atoms with Crippen molar-refractivity contribution >= 4 is 21.6 Å². The van der Waals surface area contributed by atoms with Crippen molar-refractivity contribution < 1.29 is 27.4 Å². The van der Waals surface area contributed by atoms with Gasteiger partial charge in [0.05, 0.1) is 44.6 Å². The Morgan fingerprint density at radius 2 is 1.87 bits per heavy atom. The number of amides is 1. The third-order valence-electron chi connectivity index (χ3n) is 5.79. The second-order valence-electron chi connectivity index (χ2n) is 7.58. The van der Waals surface area contributed by atoms with Gasteiger partial charge in [-0.05, 0) is 19.4 Å². The Balaban J connectivity index is 1.85. The van der Waals surface area contributed by atoms with Gasteiger partial charge in [0.25, 0.3) is 0 Å². The van der Waals surface area contributed by atoms with Crippen LogP contribution in [0.2, 0.25) is 0 Å². The number of carbonyl (C=O) groups is 1. The van der Waals surface area contributed by atoms with Gasteiger partial charge >= 0.3 is 0 Å². The fourth-order valence-electron chi connectivity index (χ4n) is 4.47. The van der Waals surface area contributed by atoms with Crippen LogP contribution in [0.5, 0.6) is 17.2 Å². The van der Waals surface area contributed by atoms with Crippen LogP contribution in [0, 0.1) is 6.92 Å². The largest absolute Gasteiger partial charge is 0.493 e. The van der Waals surface area contributed by atoms with Crippen LogP contribution in [0.4, 0.5) is 5.82 Å². The molecule has 1 saturated heterocycles. The molecular weight excluding hydrogens is 410 g/mol. The molecule has 162 valence electrons. The van der Waals surface area contributed by atoms with E-state index in [0.717, 1.165) is 16.8 Å². The number of benzene rings is 1. The maximum Gasteiger partial charge on any atom is 0.226 e. The highest BCUT2D eigenvalue weighted by molar-refractivity contribution is 7.91. The van der Waals surface area contributed by atoms with Crippen molar-refractivity contribution in [3.63, 3.8) is 0 Å². The summed E-state index contributed by atoms with van der Waals surface area (Å²) in [5.74, 6) is 1.74. The number of aryl methyl sites for hydroxylation is 1. The topological polar surface area (TPSA) is 109 Å². The highest BCUT2D eigenvalue weighted by Crippen LogP contribution is 2.48. The molecule has 1 fully saturated rings. The zero-order chi connectivity index (χ0) is 21.6. The lowest BCUT2D eigenvalue weighted by molar-refractivity contribution is -0.116. The quantitative estimate of drug-likeness (QED) is 0.766. The number of nitrogens with one attached hydrogen (secondary N) is 1. The third-order valence-corrected chi connectivity index (χ3v) is 7.54. The number of methoxy groups -OCH3 is 3. The van der Waals surface area contributed by atoms with Crippen LogP contribution in [-0.2, 0) is 14.6 Å². The fourth-order valence-corrected chi connectivity index (χ4v) is 6.16. The Labute approximate surface area is 175 Å². The lowest BCUT2D eigenvalue weighted by atomic mass is 9.85. The first-order valence-corrected chi connectivity index (χ1v) is 11.5. The van der Waals surface area contributed by atoms with E-state index in [-0.39, 0.29) is 35.8 Å². The molecule has 1 N–H and O–H groups in total. The van der Waals surface area contributed by atoms with Gasteiger partial charge in [-0.15, -0.1) is 0 Å². The monoisotopic (exact) mass is 435 g/mol. The summed E-state index contributed by atoms with van der Waals surface area (Å²) in [5.41, 5.74) is 2.40. The smallest absolute Gasteiger partial charge is 0.226 e. The lowest BCUT2D eigenvalue weighted by Crippen LogP contribution is -2.26. The third kappa shape index (κ3) is 3.28. The van der Waals surface area contributed by atoms with Crippen molar-refractivity contribution in [2.24, 2.45) is 0 Å². The molecule has 0 aliphatic carbocycles. The molecule has 1 amide bonds. The minimum Gasteiger partial charge on any atom is -0.493 e. The number of hydrogen-bond acceptors (Lipinski definition) is 7. The molecule has 30 heavy (non-hydrogen) atoms. The first kappa shape index (κ1) is 20.5. The molecular formula is C20H25N3O6S. The Morgan fingerprint density at radius 1 is 1.13 bits per heavy atom. The molecule has 4 rings (SSSR count). The van der Waals surface area contributed by atoms with E-state index < -0.39 is 9.84 Å². The molecule has 0 spiro atoms. The fraction of sp³-hybridized carbons (Fsp3) is 0.500. The first-order chi connectivity index (χ1) is 14.3. The predicted octanol–water partition coefficient (Wildman–Crippen LogP) is 2.05. The molecule has 9 nitrogen and oxygen atoms in total. The van der Waals surface area contributed by atoms with Crippen molar-refractivity contribution in [3.05, 3.63) is 29.0 Å². The van der Waals surface area contributed by atoms with Crippen molar-refractivity contribution in [1.29, 1.82) is 0 Å². The van der Waals surface area contributed by atoms with E-state index in [1.165, 1.54) is 7.11 Å². The summed E-state index contributed by atoms with van der Waals surface area (Å²) in [6, 6.07) is 3.36. The SMILES string of the molecule is COc1ccc([C@@H]2CC(=O)Nc3c2c(C)nn3[C@H]2CCS(=O)(=O)C2)c(OC)c1OC. The van der Waals surface area contributed by atoms with Crippen LogP contribution in [0.1, 0.15) is 41.6 Å². The van der Waals surface area contributed by atoms with E-state index in [2.05, 4.69) is 10.4 Å². The standard InChI is InChI=1S/C20H25N3O6S/c1-11-17-14(13-5-6-15(27-2)19(29-4)18(13)28-3)9-16(24)21-20(17)23(22-11)12-7-8-30(25,26)10-12/h5-6,12,14H,7-10H2,1-4H3,(H,21,24)/t12-,14-/m0/s1. The van der Waals surface area contributed by atoms with Crippen molar-refractivity contribution in [3.8, 4) is 17.2 Å². The van der Waals surface area contributed by atoms with E-state index >= 15 is 0 Å². The summed E-state index contributed by atoms with van der Waals surface area (Å²) in [5, 5.41) is 7.53. The van der Waals surface area contributed by atoms with Crippen LogP contribution in [0.3, 0.4) is 0 Å². The van der Waals surface area contributed by atoms with Crippen LogP contribution in [0.25, 0.3) is 0 Å². The average Bonchev–Trinajstić information content (AvgIpc) is 3.24. The maximum absolute atomic E-state index is 12.6. The van der Waals surface area contributed by atoms with Crippen LogP contribution in [0.15, 0.2) is 12.1 Å². The summed E-state index contributed by atoms with van der Waals surface area (Å²) in [7, 11) is 1.54. The predicted molar refractivity (Wildman–Crippen MR) is 110 cm³/mol. The average molecular weight is 436 g/mol. The number of aromatic nitrogens is 2. The number of anilines is 1. The molecule has 0 bridgehead atoms. The van der Waals surface area contributed by atoms with E-state index in [1.807, 2.05) is 13.0 Å². The minimum absolute atomic E-state index is 0.0285. The molecule has 10 heteroatoms. The van der Waals surface area contributed by atoms with Gasteiger partial charge < -0.3 is 19.5 Å². The highest BCUT2D eigenvalue weighted by atomic mass is 32.2. The zero-order valence-electron chi connectivity index (χ0n) is 17.4. The number of nitrogens with zero attached hydrogens (tertiary/aromatic N) is 2. The van der Waals surface area contributed by atoms with Crippen LogP contribution in [-0.4, -0.2) is 56.9 Å². The maximum atomic E-state index is 12.6. The molecule has 2 aliphatic rings. The van der Waals surface area contributed by atoms with Gasteiger partial charge in [0, 0.05) is 23.5 Å². The van der Waals surface area contributed by atoms with E-state index in [9.17, 15) is 13.2 Å². The number of hydrogen-bond donors (Lipinski definition) is 1. The van der Waals surface area contributed by atoms with Gasteiger partial charge in [-0.2, -0.15) is 5.10 Å². The van der Waals surface area contributed by atoms with Gasteiger partial charge in [-0.1, -0.05) is 6.07 Å². The minimum atomic E-state index is -3.09. The number of rotatable bonds is 5. The molecule has 2 atom stereocenters. The molecule has 2 aromatic rings. The van der Waals surface area contributed by atoms with E-state index in [0.29, 0.717) is 29.5 Å². The van der Waals surface area contributed by atoms with Gasteiger partial charge in [0.1, 0.15) is 5.82 Å². The van der Waals surface area contributed by atoms with Gasteiger partial charge in [0.15, 0.2) is 21.3 Å². The molecule has 1 aromatic heterocycles. The second kappa shape index (κ2) is 7.50. The lowest BCUT2D eigenvalue weighted by Gasteiger charge is -2.27. The van der Waals surface area contributed by atoms with E-state index in [1.54, 1.807) is 25.0 Å². The summed E-state index contributed by atoms with van der Waals surface area (Å²) in [6.45, 7) is 1.87. The van der Waals surface area contributed by atoms with Crippen LogP contribution < -0.4 is 19.5 Å². The van der Waals surface area contributed by atoms with Crippen molar-refractivity contribution in [1.82, 2.24) is 9.78 Å². The number of carbonyl (C=O) groups excluding carboxylic acids is 1. The first-order valence-electron chi connectivity index (χ1n) is 9.67. The van der Waals surface area contributed by atoms with Gasteiger partial charge in [0.2, 0.25) is 11.7 Å². The Bertz CT molecular complexity index is 1110. The number of fused-ring (bicyclic) bond motifs is 1. The summed E-state index contributed by atoms with van der Waals surface area (Å²) >= 11 is 0. The highest BCUT2D eigenvalue weighted by Gasteiger charge is 2.38. The molecule has 0 saturated carbocycles. The number of ether oxygens (including phenoxy) is 3. The molecule has 3 heterocycles. The summed E-state index contributed by atoms with van der Waals surface area (Å²) in [4.78, 5) is 12.6. The molecule has 0 radical (unpaired) electrons.